The molecule has 2 rings (SSSR count). The summed E-state index contributed by atoms with van der Waals surface area (Å²) in [5.74, 6) is 0. The van der Waals surface area contributed by atoms with Crippen LogP contribution in [0.25, 0.3) is 8.52 Å². The molecule has 14 heavy (non-hydrogen) atoms. The van der Waals surface area contributed by atoms with Crippen molar-refractivity contribution in [2.75, 3.05) is 0 Å². The van der Waals surface area contributed by atoms with Crippen LogP contribution in [0.15, 0.2) is 24.3 Å². The summed E-state index contributed by atoms with van der Waals surface area (Å²) in [7, 11) is -4.94. The minimum atomic E-state index is -4.94. The number of nitrogens with zero attached hydrogens (tertiary/aromatic N) is 1. The van der Waals surface area contributed by atoms with Crippen LogP contribution in [-0.4, -0.2) is 32.4 Å². The van der Waals surface area contributed by atoms with Crippen LogP contribution in [0.5, 0.6) is 0 Å². The van der Waals surface area contributed by atoms with Gasteiger partial charge in [-0.25, -0.2) is 18.6 Å². The molecule has 76 valence electrons. The predicted octanol–water partition coefficient (Wildman–Crippen LogP) is -4.13. The Morgan fingerprint density at radius 2 is 1.71 bits per heavy atom. The van der Waals surface area contributed by atoms with Gasteiger partial charge in [0.15, 0.2) is 0 Å². The fourth-order valence-electron chi connectivity index (χ4n) is 0.700. The zero-order valence-electron chi connectivity index (χ0n) is 6.58. The summed E-state index contributed by atoms with van der Waals surface area (Å²) in [6.07, 6.45) is 0. The molecule has 8 heteroatoms. The molecule has 0 unspecified atom stereocenters. The fourth-order valence-corrected chi connectivity index (χ4v) is 5.33. The van der Waals surface area contributed by atoms with E-state index in [-0.39, 0.29) is 0 Å². The summed E-state index contributed by atoms with van der Waals surface area (Å²) in [5.41, 5.74) is 0. The van der Waals surface area contributed by atoms with Crippen molar-refractivity contribution in [3.8, 4) is 0 Å². The van der Waals surface area contributed by atoms with E-state index in [1.54, 1.807) is 0 Å². The average Bonchev–Trinajstić information content (AvgIpc) is 2.47. The first-order valence-electron chi connectivity index (χ1n) is 3.22. The van der Waals surface area contributed by atoms with E-state index >= 15 is 0 Å². The van der Waals surface area contributed by atoms with Crippen LogP contribution in [0, 0.1) is 10.2 Å². The van der Waals surface area contributed by atoms with Crippen LogP contribution in [0.4, 0.5) is 0 Å². The van der Waals surface area contributed by atoms with E-state index in [2.05, 4.69) is 27.2 Å². The number of rotatable bonds is 0. The van der Waals surface area contributed by atoms with Crippen LogP contribution >= 0.6 is 0 Å². The zero-order valence-corrected chi connectivity index (χ0v) is 10.8. The van der Waals surface area contributed by atoms with Crippen LogP contribution in [-0.2, 0) is 0 Å². The third-order valence-electron chi connectivity index (χ3n) is 1.12. The normalized spacial score (nSPS) is 10.9. The molecule has 0 spiro atoms. The molecule has 0 saturated carbocycles. The van der Waals surface area contributed by atoms with Gasteiger partial charge in [-0.05, 0) is 0 Å². The van der Waals surface area contributed by atoms with E-state index in [0.29, 0.717) is 29.5 Å². The molecule has 5 nitrogen and oxygen atoms in total. The van der Waals surface area contributed by atoms with Gasteiger partial charge in [0.1, 0.15) is 0 Å². The van der Waals surface area contributed by atoms with Crippen LogP contribution < -0.4 is 18.6 Å². The molecule has 0 fully saturated rings. The topological polar surface area (TPSA) is 105 Å². The van der Waals surface area contributed by atoms with Gasteiger partial charge in [-0.3, -0.25) is 0 Å². The van der Waals surface area contributed by atoms with Gasteiger partial charge in [0.2, 0.25) is 0 Å². The van der Waals surface area contributed by atoms with Crippen LogP contribution in [0.2, 0.25) is 0 Å². The number of hydrogen-bond acceptors (Lipinski definition) is 5. The Bertz CT molecular complexity index is 366. The molecule has 1 heterocycles. The van der Waals surface area contributed by atoms with Crippen LogP contribution in [0.3, 0.4) is 0 Å². The van der Waals surface area contributed by atoms with E-state index in [1.165, 1.54) is 8.52 Å². The summed E-state index contributed by atoms with van der Waals surface area (Å²) < 4.78 is 41.3. The number of hydrogen-bond donors (Lipinski definition) is 0. The average molecular weight is 347 g/mol. The van der Waals surface area contributed by atoms with Gasteiger partial charge in [-0.1, -0.05) is 0 Å². The molecule has 2 aromatic rings. The SMILES string of the molecule is [O-][Cl+3]([O-])([O-])[O-].c1ccc2[se+]n[se]c2c1. The van der Waals surface area contributed by atoms with Gasteiger partial charge in [-0.2, -0.15) is 0 Å². The molecule has 0 amide bonds. The van der Waals surface area contributed by atoms with Gasteiger partial charge >= 0.3 is 65.2 Å². The Morgan fingerprint density at radius 3 is 2.29 bits per heavy atom. The molecular weight excluding hydrogens is 343 g/mol. The molecule has 0 radical (unpaired) electrons. The maximum absolute atomic E-state index is 8.49. The standard InChI is InChI=1S/C6H4NSe2.ClHO4/c1-2-4-6-5(3-1)8-7-9-6;2-1(3,4)5/h1-4H;(H,2,3,4,5)/q+1;/p-1. The molecule has 0 aliphatic heterocycles. The molecule has 0 bridgehead atoms. The van der Waals surface area contributed by atoms with Gasteiger partial charge < -0.3 is 0 Å². The Morgan fingerprint density at radius 1 is 1.14 bits per heavy atom. The Balaban J connectivity index is 0.000000171. The first-order valence-corrected chi connectivity index (χ1v) is 7.70. The van der Waals surface area contributed by atoms with Crippen molar-refractivity contribution in [3.05, 3.63) is 24.3 Å². The molecule has 1 aromatic heterocycles. The molecular formula is C6H4ClNO4Se2. The van der Waals surface area contributed by atoms with E-state index in [1.807, 2.05) is 0 Å². The molecule has 0 N–H and O–H groups in total. The monoisotopic (exact) mass is 349 g/mol. The van der Waals surface area contributed by atoms with E-state index in [4.69, 9.17) is 18.6 Å². The molecule has 0 atom stereocenters. The first kappa shape index (κ1) is 12.3. The summed E-state index contributed by atoms with van der Waals surface area (Å²) in [6, 6.07) is 8.57. The Hall–Kier alpha value is 0.189. The van der Waals surface area contributed by atoms with Gasteiger partial charge in [-0.15, -0.1) is 10.2 Å². The first-order chi connectivity index (χ1) is 6.47. The van der Waals surface area contributed by atoms with Crippen molar-refractivity contribution in [1.82, 2.24) is 2.97 Å². The number of fused-ring (bicyclic) bond motifs is 1. The quantitative estimate of drug-likeness (QED) is 0.450. The molecule has 1 aromatic carbocycles. The summed E-state index contributed by atoms with van der Waals surface area (Å²) in [6.45, 7) is 0. The summed E-state index contributed by atoms with van der Waals surface area (Å²) in [5, 5.41) is 0. The Labute approximate surface area is 93.9 Å². The van der Waals surface area contributed by atoms with Crippen LogP contribution in [0.1, 0.15) is 0 Å². The van der Waals surface area contributed by atoms with E-state index < -0.39 is 10.2 Å². The second-order valence-corrected chi connectivity index (χ2v) is 7.39. The summed E-state index contributed by atoms with van der Waals surface area (Å²) >= 11 is 0.910. The summed E-state index contributed by atoms with van der Waals surface area (Å²) in [4.78, 5) is 0. The van der Waals surface area contributed by atoms with Gasteiger partial charge in [0.25, 0.3) is 0 Å². The van der Waals surface area contributed by atoms with Crippen molar-refractivity contribution in [2.24, 2.45) is 0 Å². The second kappa shape index (κ2) is 5.32. The van der Waals surface area contributed by atoms with Crippen molar-refractivity contribution in [1.29, 1.82) is 0 Å². The van der Waals surface area contributed by atoms with Crippen molar-refractivity contribution < 1.29 is 28.9 Å². The van der Waals surface area contributed by atoms with Crippen molar-refractivity contribution in [3.63, 3.8) is 0 Å². The minimum absolute atomic E-state index is 0.455. The Kier molecular flexibility index (Phi) is 4.66. The van der Waals surface area contributed by atoms with Gasteiger partial charge in [0, 0.05) is 0 Å². The predicted molar refractivity (Wildman–Crippen MR) is 40.0 cm³/mol. The number of aromatic nitrogens is 1. The third kappa shape index (κ3) is 5.16. The fraction of sp³-hybridized carbons (Fsp3) is 0. The number of benzene rings is 1. The van der Waals surface area contributed by atoms with E-state index in [9.17, 15) is 0 Å². The maximum atomic E-state index is 8.49. The van der Waals surface area contributed by atoms with Gasteiger partial charge in [0.05, 0.1) is 0 Å². The molecule has 0 aliphatic carbocycles. The zero-order chi connectivity index (χ0) is 10.6. The number of halogens is 1. The van der Waals surface area contributed by atoms with Crippen molar-refractivity contribution >= 4 is 38.0 Å². The molecule has 0 saturated heterocycles. The molecule has 0 aliphatic rings. The van der Waals surface area contributed by atoms with E-state index in [0.717, 1.165) is 0 Å². The van der Waals surface area contributed by atoms with Crippen molar-refractivity contribution in [2.45, 2.75) is 0 Å². The second-order valence-electron chi connectivity index (χ2n) is 2.08. The third-order valence-corrected chi connectivity index (χ3v) is 6.03.